The molecule has 1 fully saturated rings. The number of ether oxygens (including phenoxy) is 1. The molecule has 8 heteroatoms. The molecule has 0 aliphatic carbocycles. The molecule has 8 nitrogen and oxygen atoms in total. The van der Waals surface area contributed by atoms with Crippen molar-refractivity contribution in [2.75, 3.05) is 13.1 Å². The summed E-state index contributed by atoms with van der Waals surface area (Å²) in [6.07, 6.45) is 1.96. The summed E-state index contributed by atoms with van der Waals surface area (Å²) in [6, 6.07) is 8.37. The number of rotatable bonds is 5. The Morgan fingerprint density at radius 1 is 1.12 bits per heavy atom. The molecular weight excluding hydrogens is 338 g/mol. The zero-order valence-corrected chi connectivity index (χ0v) is 14.7. The third-order valence-electron chi connectivity index (χ3n) is 4.00. The third kappa shape index (κ3) is 5.87. The molecule has 3 amide bonds. The van der Waals surface area contributed by atoms with E-state index in [1.54, 1.807) is 30.3 Å². The molecule has 1 atom stereocenters. The van der Waals surface area contributed by atoms with Crippen LogP contribution in [-0.2, 0) is 19.1 Å². The minimum atomic E-state index is -1.10. The van der Waals surface area contributed by atoms with E-state index in [4.69, 9.17) is 4.74 Å². The van der Waals surface area contributed by atoms with Crippen molar-refractivity contribution in [3.63, 3.8) is 0 Å². The Kier molecular flexibility index (Phi) is 7.13. The number of hydrazine groups is 1. The summed E-state index contributed by atoms with van der Waals surface area (Å²) in [6.45, 7) is 1.74. The maximum Gasteiger partial charge on any atom is 0.326 e. The van der Waals surface area contributed by atoms with Crippen LogP contribution in [0.3, 0.4) is 0 Å². The summed E-state index contributed by atoms with van der Waals surface area (Å²) in [5, 5.41) is 0. The Morgan fingerprint density at radius 3 is 2.58 bits per heavy atom. The number of carbonyl (C=O) groups is 4. The first-order chi connectivity index (χ1) is 12.5. The van der Waals surface area contributed by atoms with E-state index >= 15 is 0 Å². The van der Waals surface area contributed by atoms with Gasteiger partial charge in [0.15, 0.2) is 6.10 Å². The normalized spacial score (nSPS) is 15.6. The van der Waals surface area contributed by atoms with Crippen molar-refractivity contribution in [1.29, 1.82) is 0 Å². The fourth-order valence-electron chi connectivity index (χ4n) is 2.53. The number of amides is 3. The van der Waals surface area contributed by atoms with Crippen LogP contribution in [0.1, 0.15) is 43.0 Å². The minimum absolute atomic E-state index is 0.0771. The van der Waals surface area contributed by atoms with Crippen LogP contribution in [0.4, 0.5) is 0 Å². The lowest BCUT2D eigenvalue weighted by Gasteiger charge is -2.20. The molecule has 2 rings (SSSR count). The molecule has 1 heterocycles. The van der Waals surface area contributed by atoms with E-state index < -0.39 is 23.9 Å². The highest BCUT2D eigenvalue weighted by molar-refractivity contribution is 5.95. The van der Waals surface area contributed by atoms with Crippen LogP contribution in [0.5, 0.6) is 0 Å². The Morgan fingerprint density at radius 2 is 1.85 bits per heavy atom. The van der Waals surface area contributed by atoms with Crippen molar-refractivity contribution in [3.05, 3.63) is 35.9 Å². The van der Waals surface area contributed by atoms with Gasteiger partial charge in [0, 0.05) is 18.5 Å². The summed E-state index contributed by atoms with van der Waals surface area (Å²) < 4.78 is 5.05. The van der Waals surface area contributed by atoms with Gasteiger partial charge in [-0.05, 0) is 31.9 Å². The van der Waals surface area contributed by atoms with Crippen molar-refractivity contribution in [3.8, 4) is 0 Å². The van der Waals surface area contributed by atoms with E-state index in [1.807, 2.05) is 0 Å². The van der Waals surface area contributed by atoms with Gasteiger partial charge in [-0.3, -0.25) is 30.0 Å². The zero-order chi connectivity index (χ0) is 18.9. The van der Waals surface area contributed by atoms with E-state index in [0.717, 1.165) is 19.3 Å². The van der Waals surface area contributed by atoms with Crippen LogP contribution < -0.4 is 10.9 Å². The number of nitrogens with one attached hydrogen (secondary N) is 2. The zero-order valence-electron chi connectivity index (χ0n) is 14.7. The Hall–Kier alpha value is -2.90. The van der Waals surface area contributed by atoms with Gasteiger partial charge in [-0.15, -0.1) is 0 Å². The van der Waals surface area contributed by atoms with Crippen LogP contribution in [0, 0.1) is 0 Å². The minimum Gasteiger partial charge on any atom is -0.451 e. The molecule has 0 bridgehead atoms. The van der Waals surface area contributed by atoms with Crippen molar-refractivity contribution in [1.82, 2.24) is 15.8 Å². The van der Waals surface area contributed by atoms with Crippen molar-refractivity contribution >= 4 is 23.7 Å². The summed E-state index contributed by atoms with van der Waals surface area (Å²) in [4.78, 5) is 49.1. The average molecular weight is 361 g/mol. The van der Waals surface area contributed by atoms with Crippen LogP contribution >= 0.6 is 0 Å². The lowest BCUT2D eigenvalue weighted by molar-refractivity contribution is -0.157. The van der Waals surface area contributed by atoms with Gasteiger partial charge in [0.05, 0.1) is 0 Å². The van der Waals surface area contributed by atoms with Crippen molar-refractivity contribution in [2.45, 2.75) is 38.7 Å². The smallest absolute Gasteiger partial charge is 0.326 e. The predicted molar refractivity (Wildman–Crippen MR) is 92.7 cm³/mol. The number of carbonyl (C=O) groups excluding carboxylic acids is 4. The fraction of sp³-hybridized carbons (Fsp3) is 0.444. The van der Waals surface area contributed by atoms with E-state index in [0.29, 0.717) is 18.5 Å². The molecule has 1 aliphatic heterocycles. The van der Waals surface area contributed by atoms with Crippen LogP contribution in [0.15, 0.2) is 30.3 Å². The third-order valence-corrected chi connectivity index (χ3v) is 4.00. The number of likely N-dealkylation sites (tertiary alicyclic amines) is 1. The lowest BCUT2D eigenvalue weighted by atomic mass is 10.2. The molecule has 2 N–H and O–H groups in total. The van der Waals surface area contributed by atoms with Crippen LogP contribution in [0.25, 0.3) is 0 Å². The lowest BCUT2D eigenvalue weighted by Crippen LogP contribution is -2.47. The maximum atomic E-state index is 12.0. The monoisotopic (exact) mass is 361 g/mol. The second-order valence-electron chi connectivity index (χ2n) is 6.07. The molecule has 140 valence electrons. The second-order valence-corrected chi connectivity index (χ2v) is 6.07. The van der Waals surface area contributed by atoms with Gasteiger partial charge in [0.25, 0.3) is 11.8 Å². The van der Waals surface area contributed by atoms with Gasteiger partial charge >= 0.3 is 5.97 Å². The molecule has 1 aromatic carbocycles. The molecule has 0 spiro atoms. The standard InChI is InChI=1S/C18H23N3O5/c1-13(17(24)19-20-18(25)14-8-4-2-5-9-14)26-16(23)12-21-11-7-3-6-10-15(21)22/h2,4-5,8-9,13H,3,6-7,10-12H2,1H3,(H,19,24)(H,20,25)/t13-/m0/s1. The van der Waals surface area contributed by atoms with E-state index in [2.05, 4.69) is 10.9 Å². The van der Waals surface area contributed by atoms with Crippen molar-refractivity contribution in [2.24, 2.45) is 0 Å². The predicted octanol–water partition coefficient (Wildman–Crippen LogP) is 0.782. The van der Waals surface area contributed by atoms with Gasteiger partial charge in [0.2, 0.25) is 5.91 Å². The number of esters is 1. The molecule has 0 radical (unpaired) electrons. The molecular formula is C18H23N3O5. The first kappa shape index (κ1) is 19.4. The van der Waals surface area contributed by atoms with Crippen molar-refractivity contribution < 1.29 is 23.9 Å². The summed E-state index contributed by atoms with van der Waals surface area (Å²) >= 11 is 0. The van der Waals surface area contributed by atoms with E-state index in [1.165, 1.54) is 11.8 Å². The Bertz CT molecular complexity index is 662. The molecule has 0 unspecified atom stereocenters. The van der Waals surface area contributed by atoms with Crippen LogP contribution in [-0.4, -0.2) is 47.8 Å². The average Bonchev–Trinajstić information content (AvgIpc) is 2.84. The largest absolute Gasteiger partial charge is 0.451 e. The highest BCUT2D eigenvalue weighted by Crippen LogP contribution is 2.11. The van der Waals surface area contributed by atoms with E-state index in [9.17, 15) is 19.2 Å². The van der Waals surface area contributed by atoms with Crippen LogP contribution in [0.2, 0.25) is 0 Å². The maximum absolute atomic E-state index is 12.0. The summed E-state index contributed by atoms with van der Waals surface area (Å²) in [5.41, 5.74) is 4.85. The first-order valence-corrected chi connectivity index (χ1v) is 8.60. The highest BCUT2D eigenvalue weighted by Gasteiger charge is 2.23. The van der Waals surface area contributed by atoms with Gasteiger partial charge in [-0.1, -0.05) is 24.6 Å². The Balaban J connectivity index is 1.76. The van der Waals surface area contributed by atoms with Gasteiger partial charge in [-0.2, -0.15) is 0 Å². The summed E-state index contributed by atoms with van der Waals surface area (Å²) in [7, 11) is 0. The molecule has 1 aromatic rings. The number of nitrogens with zero attached hydrogens (tertiary/aromatic N) is 1. The number of hydrogen-bond donors (Lipinski definition) is 2. The quantitative estimate of drug-likeness (QED) is 0.596. The first-order valence-electron chi connectivity index (χ1n) is 8.60. The van der Waals surface area contributed by atoms with Gasteiger partial charge in [-0.25, -0.2) is 0 Å². The summed E-state index contributed by atoms with van der Waals surface area (Å²) in [5.74, 6) is -1.87. The fourth-order valence-corrected chi connectivity index (χ4v) is 2.53. The SMILES string of the molecule is C[C@H](OC(=O)CN1CCCCCC1=O)C(=O)NNC(=O)c1ccccc1. The molecule has 1 saturated heterocycles. The molecule has 1 aliphatic rings. The van der Waals surface area contributed by atoms with Gasteiger partial charge in [0.1, 0.15) is 6.54 Å². The van der Waals surface area contributed by atoms with E-state index in [-0.39, 0.29) is 12.5 Å². The Labute approximate surface area is 151 Å². The number of benzene rings is 1. The highest BCUT2D eigenvalue weighted by atomic mass is 16.5. The second kappa shape index (κ2) is 9.55. The topological polar surface area (TPSA) is 105 Å². The van der Waals surface area contributed by atoms with Gasteiger partial charge < -0.3 is 9.64 Å². The number of hydrogen-bond acceptors (Lipinski definition) is 5. The molecule has 26 heavy (non-hydrogen) atoms. The molecule has 0 aromatic heterocycles. The molecule has 0 saturated carbocycles.